The highest BCUT2D eigenvalue weighted by Gasteiger charge is 2.19. The van der Waals surface area contributed by atoms with Crippen LogP contribution in [0.1, 0.15) is 30.2 Å². The van der Waals surface area contributed by atoms with Crippen molar-refractivity contribution in [2.24, 2.45) is 0 Å². The largest absolute Gasteiger partial charge is 0.360 e. The molecule has 1 N–H and O–H groups in total. The first-order valence-corrected chi connectivity index (χ1v) is 8.19. The Morgan fingerprint density at radius 1 is 1.42 bits per heavy atom. The predicted molar refractivity (Wildman–Crippen MR) is 80.1 cm³/mol. The molecule has 0 fully saturated rings. The summed E-state index contributed by atoms with van der Waals surface area (Å²) in [4.78, 5) is 0. The Morgan fingerprint density at radius 3 is 2.89 bits per heavy atom. The standard InChI is InChI=1S/C13H17N3OS2/c1-4-14-12-15-16-13(18-12)19(17)10(3)11-7-5-6-9(2)8-11/h5-8,10H,4H2,1-3H3,(H,14,15)/t10-,19-/m0/s1. The van der Waals surface area contributed by atoms with Crippen LogP contribution in [0.15, 0.2) is 28.6 Å². The van der Waals surface area contributed by atoms with Crippen LogP contribution < -0.4 is 5.32 Å². The molecule has 0 aliphatic carbocycles. The van der Waals surface area contributed by atoms with Crippen LogP contribution in [0.5, 0.6) is 0 Å². The summed E-state index contributed by atoms with van der Waals surface area (Å²) in [6.07, 6.45) is 0. The Bertz CT molecular complexity index is 583. The Labute approximate surface area is 119 Å². The molecule has 0 aliphatic heterocycles. The third kappa shape index (κ3) is 3.39. The number of hydrogen-bond acceptors (Lipinski definition) is 5. The van der Waals surface area contributed by atoms with Gasteiger partial charge >= 0.3 is 0 Å². The molecule has 2 aromatic rings. The molecule has 6 heteroatoms. The van der Waals surface area contributed by atoms with Crippen LogP contribution in [0.3, 0.4) is 0 Å². The van der Waals surface area contributed by atoms with Gasteiger partial charge in [0, 0.05) is 6.54 Å². The highest BCUT2D eigenvalue weighted by Crippen LogP contribution is 2.28. The maximum absolute atomic E-state index is 12.5. The molecule has 0 bridgehead atoms. The fourth-order valence-corrected chi connectivity index (χ4v) is 4.07. The summed E-state index contributed by atoms with van der Waals surface area (Å²) in [5, 5.41) is 11.7. The number of rotatable bonds is 5. The van der Waals surface area contributed by atoms with Crippen LogP contribution in [0.2, 0.25) is 0 Å². The van der Waals surface area contributed by atoms with Gasteiger partial charge in [-0.1, -0.05) is 41.2 Å². The quantitative estimate of drug-likeness (QED) is 0.920. The SMILES string of the molecule is CCNc1nnc([S@@](=O)[C@@H](C)c2cccc(C)c2)s1. The van der Waals surface area contributed by atoms with E-state index in [9.17, 15) is 4.21 Å². The van der Waals surface area contributed by atoms with Gasteiger partial charge in [-0.15, -0.1) is 10.2 Å². The van der Waals surface area contributed by atoms with E-state index in [0.717, 1.165) is 17.2 Å². The molecule has 0 unspecified atom stereocenters. The molecule has 4 nitrogen and oxygen atoms in total. The molecule has 0 saturated carbocycles. The van der Waals surface area contributed by atoms with E-state index in [-0.39, 0.29) is 5.25 Å². The Morgan fingerprint density at radius 2 is 2.21 bits per heavy atom. The lowest BCUT2D eigenvalue weighted by Gasteiger charge is -2.09. The lowest BCUT2D eigenvalue weighted by Crippen LogP contribution is -2.03. The zero-order chi connectivity index (χ0) is 13.8. The molecule has 0 radical (unpaired) electrons. The number of aromatic nitrogens is 2. The normalized spacial score (nSPS) is 14.1. The van der Waals surface area contributed by atoms with Crippen molar-refractivity contribution in [2.75, 3.05) is 11.9 Å². The van der Waals surface area contributed by atoms with Crippen LogP contribution in [0, 0.1) is 6.92 Å². The summed E-state index contributed by atoms with van der Waals surface area (Å²) < 4.78 is 13.0. The first-order valence-electron chi connectivity index (χ1n) is 6.16. The summed E-state index contributed by atoms with van der Waals surface area (Å²) in [6.45, 7) is 6.77. The van der Waals surface area contributed by atoms with Crippen molar-refractivity contribution >= 4 is 27.3 Å². The minimum Gasteiger partial charge on any atom is -0.360 e. The lowest BCUT2D eigenvalue weighted by atomic mass is 10.1. The summed E-state index contributed by atoms with van der Waals surface area (Å²) in [5.74, 6) is 0. The minimum absolute atomic E-state index is 0.0812. The Hall–Kier alpha value is -1.27. The molecular weight excluding hydrogens is 278 g/mol. The molecular formula is C13H17N3OS2. The van der Waals surface area contributed by atoms with E-state index in [1.807, 2.05) is 39.0 Å². The second-order valence-corrected chi connectivity index (χ2v) is 7.18. The zero-order valence-electron chi connectivity index (χ0n) is 11.2. The van der Waals surface area contributed by atoms with E-state index in [0.29, 0.717) is 4.34 Å². The molecule has 1 aromatic carbocycles. The van der Waals surface area contributed by atoms with Crippen molar-refractivity contribution in [3.63, 3.8) is 0 Å². The van der Waals surface area contributed by atoms with Crippen LogP contribution in [0.25, 0.3) is 0 Å². The monoisotopic (exact) mass is 295 g/mol. The number of aryl methyl sites for hydroxylation is 1. The van der Waals surface area contributed by atoms with Crippen LogP contribution in [0.4, 0.5) is 5.13 Å². The van der Waals surface area contributed by atoms with Gasteiger partial charge in [-0.2, -0.15) is 0 Å². The number of nitrogens with one attached hydrogen (secondary N) is 1. The minimum atomic E-state index is -1.17. The van der Waals surface area contributed by atoms with Gasteiger partial charge in [-0.3, -0.25) is 4.21 Å². The molecule has 1 aromatic heterocycles. The second-order valence-electron chi connectivity index (χ2n) is 4.26. The second kappa shape index (κ2) is 6.25. The van der Waals surface area contributed by atoms with Gasteiger partial charge in [0.1, 0.15) is 0 Å². The van der Waals surface area contributed by atoms with Crippen molar-refractivity contribution in [3.8, 4) is 0 Å². The maximum Gasteiger partial charge on any atom is 0.206 e. The summed E-state index contributed by atoms with van der Waals surface area (Å²) >= 11 is 1.36. The highest BCUT2D eigenvalue weighted by atomic mass is 32.2. The van der Waals surface area contributed by atoms with Crippen molar-refractivity contribution in [1.82, 2.24) is 10.2 Å². The van der Waals surface area contributed by atoms with E-state index >= 15 is 0 Å². The molecule has 102 valence electrons. The predicted octanol–water partition coefficient (Wildman–Crippen LogP) is 3.15. The number of nitrogens with zero attached hydrogens (tertiary/aromatic N) is 2. The smallest absolute Gasteiger partial charge is 0.206 e. The van der Waals surface area contributed by atoms with Crippen LogP contribution in [-0.2, 0) is 10.8 Å². The number of benzene rings is 1. The molecule has 2 atom stereocenters. The Kier molecular flexibility index (Phi) is 4.66. The van der Waals surface area contributed by atoms with Crippen molar-refractivity contribution in [3.05, 3.63) is 35.4 Å². The van der Waals surface area contributed by atoms with Crippen molar-refractivity contribution < 1.29 is 4.21 Å². The summed E-state index contributed by atoms with van der Waals surface area (Å²) in [5.41, 5.74) is 2.24. The molecule has 0 aliphatic rings. The summed E-state index contributed by atoms with van der Waals surface area (Å²) in [6, 6.07) is 8.09. The van der Waals surface area contributed by atoms with Gasteiger partial charge in [-0.05, 0) is 26.3 Å². The van der Waals surface area contributed by atoms with Gasteiger partial charge in [0.15, 0.2) is 0 Å². The van der Waals surface area contributed by atoms with Crippen molar-refractivity contribution in [2.45, 2.75) is 30.4 Å². The van der Waals surface area contributed by atoms with Crippen LogP contribution in [-0.4, -0.2) is 21.0 Å². The van der Waals surface area contributed by atoms with Gasteiger partial charge in [-0.25, -0.2) is 0 Å². The average Bonchev–Trinajstić information content (AvgIpc) is 2.86. The molecule has 1 heterocycles. The molecule has 0 amide bonds. The van der Waals surface area contributed by atoms with E-state index in [1.165, 1.54) is 16.9 Å². The average molecular weight is 295 g/mol. The zero-order valence-corrected chi connectivity index (χ0v) is 12.8. The first kappa shape index (κ1) is 14.1. The van der Waals surface area contributed by atoms with Crippen LogP contribution >= 0.6 is 11.3 Å². The molecule has 19 heavy (non-hydrogen) atoms. The third-order valence-electron chi connectivity index (χ3n) is 2.74. The fraction of sp³-hybridized carbons (Fsp3) is 0.385. The highest BCUT2D eigenvalue weighted by molar-refractivity contribution is 7.87. The molecule has 0 spiro atoms. The van der Waals surface area contributed by atoms with Gasteiger partial charge in [0.05, 0.1) is 16.0 Å². The van der Waals surface area contributed by atoms with Gasteiger partial charge in [0.25, 0.3) is 0 Å². The molecule has 0 saturated heterocycles. The van der Waals surface area contributed by atoms with Crippen molar-refractivity contribution in [1.29, 1.82) is 0 Å². The van der Waals surface area contributed by atoms with Gasteiger partial charge in [0.2, 0.25) is 9.47 Å². The fourth-order valence-electron chi connectivity index (χ4n) is 1.71. The lowest BCUT2D eigenvalue weighted by molar-refractivity contribution is 0.674. The number of anilines is 1. The number of hydrogen-bond donors (Lipinski definition) is 1. The van der Waals surface area contributed by atoms with E-state index in [1.54, 1.807) is 0 Å². The first-order chi connectivity index (χ1) is 9.11. The van der Waals surface area contributed by atoms with E-state index < -0.39 is 10.8 Å². The Balaban J connectivity index is 2.18. The third-order valence-corrected chi connectivity index (χ3v) is 5.50. The topological polar surface area (TPSA) is 54.9 Å². The van der Waals surface area contributed by atoms with E-state index in [4.69, 9.17) is 0 Å². The maximum atomic E-state index is 12.5. The van der Waals surface area contributed by atoms with Gasteiger partial charge < -0.3 is 5.32 Å². The summed E-state index contributed by atoms with van der Waals surface area (Å²) in [7, 11) is -1.17. The molecule has 2 rings (SSSR count). The van der Waals surface area contributed by atoms with E-state index in [2.05, 4.69) is 21.6 Å².